The second kappa shape index (κ2) is 6.94. The van der Waals surface area contributed by atoms with Gasteiger partial charge in [0.1, 0.15) is 18.5 Å². The van der Waals surface area contributed by atoms with Crippen LogP contribution >= 0.6 is 0 Å². The fourth-order valence-electron chi connectivity index (χ4n) is 1.58. The van der Waals surface area contributed by atoms with Gasteiger partial charge in [-0.05, 0) is 30.9 Å². The summed E-state index contributed by atoms with van der Waals surface area (Å²) in [5.74, 6) is 1.34. The van der Waals surface area contributed by atoms with Gasteiger partial charge in [0.15, 0.2) is 0 Å². The van der Waals surface area contributed by atoms with Crippen LogP contribution in [0.2, 0.25) is 0 Å². The van der Waals surface area contributed by atoms with Crippen LogP contribution < -0.4 is 4.74 Å². The zero-order valence-electron chi connectivity index (χ0n) is 10.7. The lowest BCUT2D eigenvalue weighted by atomic mass is 9.98. The molecule has 94 valence electrons. The summed E-state index contributed by atoms with van der Waals surface area (Å²) in [4.78, 5) is 10.2. The van der Waals surface area contributed by atoms with Crippen LogP contribution in [-0.4, -0.2) is 19.2 Å². The molecule has 0 radical (unpaired) electrons. The summed E-state index contributed by atoms with van der Waals surface area (Å²) in [7, 11) is 0. The van der Waals surface area contributed by atoms with Crippen LogP contribution in [0.15, 0.2) is 24.3 Å². The van der Waals surface area contributed by atoms with Gasteiger partial charge in [-0.2, -0.15) is 0 Å². The van der Waals surface area contributed by atoms with Gasteiger partial charge in [-0.1, -0.05) is 32.0 Å². The van der Waals surface area contributed by atoms with E-state index in [0.717, 1.165) is 12.2 Å². The van der Waals surface area contributed by atoms with E-state index in [1.54, 1.807) is 6.92 Å². The van der Waals surface area contributed by atoms with Crippen LogP contribution in [0.1, 0.15) is 38.7 Å². The van der Waals surface area contributed by atoms with E-state index in [0.29, 0.717) is 19.0 Å². The second-order valence-electron chi connectivity index (χ2n) is 4.20. The third-order valence-electron chi connectivity index (χ3n) is 2.82. The van der Waals surface area contributed by atoms with Gasteiger partial charge in [0.2, 0.25) is 0 Å². The average molecular weight is 236 g/mol. The minimum Gasteiger partial charge on any atom is -0.489 e. The molecule has 0 saturated carbocycles. The second-order valence-corrected chi connectivity index (χ2v) is 4.20. The fraction of sp³-hybridized carbons (Fsp3) is 0.500. The molecule has 1 aromatic carbocycles. The van der Waals surface area contributed by atoms with Crippen molar-refractivity contribution in [3.8, 4) is 5.75 Å². The number of hydrogen-bond acceptors (Lipinski definition) is 3. The minimum absolute atomic E-state index is 0.225. The first-order valence-corrected chi connectivity index (χ1v) is 5.99. The maximum Gasteiger partial charge on any atom is 0.293 e. The molecular formula is C14H20O3. The molecule has 0 bridgehead atoms. The fourth-order valence-corrected chi connectivity index (χ4v) is 1.58. The minimum atomic E-state index is -0.225. The first-order valence-electron chi connectivity index (χ1n) is 5.99. The summed E-state index contributed by atoms with van der Waals surface area (Å²) >= 11 is 0. The van der Waals surface area contributed by atoms with Crippen molar-refractivity contribution in [1.82, 2.24) is 0 Å². The molecule has 0 fully saturated rings. The summed E-state index contributed by atoms with van der Waals surface area (Å²) in [6.07, 6.45) is 0.846. The molecule has 0 spiro atoms. The molecular weight excluding hydrogens is 216 g/mol. The molecule has 17 heavy (non-hydrogen) atoms. The maximum atomic E-state index is 10.2. The highest BCUT2D eigenvalue weighted by Crippen LogP contribution is 2.28. The van der Waals surface area contributed by atoms with E-state index in [1.807, 2.05) is 18.2 Å². The van der Waals surface area contributed by atoms with Gasteiger partial charge in [0, 0.05) is 0 Å². The van der Waals surface area contributed by atoms with E-state index in [-0.39, 0.29) is 6.10 Å². The molecule has 0 aliphatic carbocycles. The third-order valence-corrected chi connectivity index (χ3v) is 2.82. The number of benzene rings is 1. The molecule has 1 rings (SSSR count). The van der Waals surface area contributed by atoms with Crippen LogP contribution in [0, 0.1) is 0 Å². The quantitative estimate of drug-likeness (QED) is 0.682. The van der Waals surface area contributed by atoms with Crippen molar-refractivity contribution in [2.24, 2.45) is 0 Å². The summed E-state index contributed by atoms with van der Waals surface area (Å²) in [6, 6.07) is 8.00. The standard InChI is InChI=1S/C14H20O3/c1-4-11(2)13-7-5-6-8-14(13)16-9-12(3)17-10-15/h5-8,10-12H,4,9H2,1-3H3/t11-,12-/m1/s1. The van der Waals surface area contributed by atoms with Gasteiger partial charge in [0.25, 0.3) is 6.47 Å². The van der Waals surface area contributed by atoms with Crippen LogP contribution in [0.25, 0.3) is 0 Å². The molecule has 3 heteroatoms. The smallest absolute Gasteiger partial charge is 0.293 e. The molecule has 0 unspecified atom stereocenters. The molecule has 1 aromatic rings. The van der Waals surface area contributed by atoms with Crippen LogP contribution in [0.4, 0.5) is 0 Å². The Bertz CT molecular complexity index is 349. The zero-order chi connectivity index (χ0) is 12.7. The Morgan fingerprint density at radius 1 is 1.29 bits per heavy atom. The van der Waals surface area contributed by atoms with E-state index >= 15 is 0 Å². The van der Waals surface area contributed by atoms with Crippen molar-refractivity contribution in [3.63, 3.8) is 0 Å². The van der Waals surface area contributed by atoms with E-state index < -0.39 is 0 Å². The van der Waals surface area contributed by atoms with Crippen molar-refractivity contribution in [3.05, 3.63) is 29.8 Å². The SMILES string of the molecule is CC[C@@H](C)c1ccccc1OC[C@@H](C)OC=O. The van der Waals surface area contributed by atoms with Crippen LogP contribution in [0.3, 0.4) is 0 Å². The zero-order valence-corrected chi connectivity index (χ0v) is 10.7. The van der Waals surface area contributed by atoms with Gasteiger partial charge >= 0.3 is 0 Å². The molecule has 0 aliphatic heterocycles. The van der Waals surface area contributed by atoms with Gasteiger partial charge in [0.05, 0.1) is 0 Å². The van der Waals surface area contributed by atoms with E-state index in [2.05, 4.69) is 19.9 Å². The Balaban J connectivity index is 2.66. The Hall–Kier alpha value is -1.51. The predicted molar refractivity (Wildman–Crippen MR) is 67.3 cm³/mol. The number of rotatable bonds is 7. The predicted octanol–water partition coefficient (Wildman–Crippen LogP) is 3.14. The van der Waals surface area contributed by atoms with Crippen molar-refractivity contribution < 1.29 is 14.3 Å². The Labute approximate surface area is 103 Å². The van der Waals surface area contributed by atoms with E-state index in [9.17, 15) is 4.79 Å². The van der Waals surface area contributed by atoms with Crippen LogP contribution in [0.5, 0.6) is 5.75 Å². The summed E-state index contributed by atoms with van der Waals surface area (Å²) < 4.78 is 10.5. The summed E-state index contributed by atoms with van der Waals surface area (Å²) in [5.41, 5.74) is 1.20. The summed E-state index contributed by atoms with van der Waals surface area (Å²) in [5, 5.41) is 0. The number of hydrogen-bond donors (Lipinski definition) is 0. The lowest BCUT2D eigenvalue weighted by Gasteiger charge is -2.17. The number of ether oxygens (including phenoxy) is 2. The lowest BCUT2D eigenvalue weighted by molar-refractivity contribution is -0.134. The van der Waals surface area contributed by atoms with Crippen molar-refractivity contribution >= 4 is 6.47 Å². The molecule has 0 aromatic heterocycles. The molecule has 0 N–H and O–H groups in total. The normalized spacial score (nSPS) is 13.8. The monoisotopic (exact) mass is 236 g/mol. The average Bonchev–Trinajstić information content (AvgIpc) is 2.36. The Morgan fingerprint density at radius 3 is 2.65 bits per heavy atom. The van der Waals surface area contributed by atoms with Crippen molar-refractivity contribution in [1.29, 1.82) is 0 Å². The summed E-state index contributed by atoms with van der Waals surface area (Å²) in [6.45, 7) is 6.97. The molecule has 2 atom stereocenters. The molecule has 0 amide bonds. The highest BCUT2D eigenvalue weighted by Gasteiger charge is 2.10. The lowest BCUT2D eigenvalue weighted by Crippen LogP contribution is -2.17. The van der Waals surface area contributed by atoms with Crippen molar-refractivity contribution in [2.45, 2.75) is 39.2 Å². The first kappa shape index (κ1) is 13.6. The van der Waals surface area contributed by atoms with Crippen molar-refractivity contribution in [2.75, 3.05) is 6.61 Å². The number of para-hydroxylation sites is 1. The highest BCUT2D eigenvalue weighted by atomic mass is 16.6. The molecule has 3 nitrogen and oxygen atoms in total. The maximum absolute atomic E-state index is 10.2. The largest absolute Gasteiger partial charge is 0.489 e. The van der Waals surface area contributed by atoms with Gasteiger partial charge in [-0.15, -0.1) is 0 Å². The Kier molecular flexibility index (Phi) is 5.53. The molecule has 0 heterocycles. The van der Waals surface area contributed by atoms with Gasteiger partial charge in [-0.3, -0.25) is 4.79 Å². The first-order chi connectivity index (χ1) is 8.19. The highest BCUT2D eigenvalue weighted by molar-refractivity contribution is 5.37. The Morgan fingerprint density at radius 2 is 2.00 bits per heavy atom. The molecule has 0 saturated heterocycles. The number of carbonyl (C=O) groups excluding carboxylic acids is 1. The topological polar surface area (TPSA) is 35.5 Å². The van der Waals surface area contributed by atoms with E-state index in [4.69, 9.17) is 9.47 Å². The van der Waals surface area contributed by atoms with E-state index in [1.165, 1.54) is 5.56 Å². The van der Waals surface area contributed by atoms with Crippen LogP contribution in [-0.2, 0) is 9.53 Å². The number of carbonyl (C=O) groups is 1. The molecule has 0 aliphatic rings. The third kappa shape index (κ3) is 4.10. The van der Waals surface area contributed by atoms with Gasteiger partial charge < -0.3 is 9.47 Å². The van der Waals surface area contributed by atoms with Gasteiger partial charge in [-0.25, -0.2) is 0 Å².